The zero-order valence-electron chi connectivity index (χ0n) is 11.6. The third kappa shape index (κ3) is 4.71. The van der Waals surface area contributed by atoms with E-state index in [1.807, 2.05) is 13.0 Å². The number of rotatable bonds is 5. The molecule has 19 heavy (non-hydrogen) atoms. The summed E-state index contributed by atoms with van der Waals surface area (Å²) < 4.78 is 0. The predicted molar refractivity (Wildman–Crippen MR) is 74.6 cm³/mol. The Balaban J connectivity index is 2.68. The van der Waals surface area contributed by atoms with Crippen molar-refractivity contribution in [3.05, 3.63) is 35.4 Å². The number of amides is 2. The Labute approximate surface area is 113 Å². The van der Waals surface area contributed by atoms with Gasteiger partial charge in [0.25, 0.3) is 5.91 Å². The minimum Gasteiger partial charge on any atom is -0.352 e. The molecule has 1 aromatic carbocycles. The van der Waals surface area contributed by atoms with Crippen LogP contribution >= 0.6 is 0 Å². The molecule has 1 rings (SSSR count). The SMILES string of the molecule is CCNC(=O)c1cccc(CNC(=O)C(C)(C)N)c1. The van der Waals surface area contributed by atoms with Crippen LogP contribution in [-0.2, 0) is 11.3 Å². The zero-order valence-corrected chi connectivity index (χ0v) is 11.6. The van der Waals surface area contributed by atoms with Gasteiger partial charge < -0.3 is 16.4 Å². The van der Waals surface area contributed by atoms with Gasteiger partial charge >= 0.3 is 0 Å². The first-order chi connectivity index (χ1) is 8.84. The number of nitrogens with one attached hydrogen (secondary N) is 2. The lowest BCUT2D eigenvalue weighted by molar-refractivity contribution is -0.125. The first-order valence-corrected chi connectivity index (χ1v) is 6.29. The smallest absolute Gasteiger partial charge is 0.251 e. The van der Waals surface area contributed by atoms with Crippen molar-refractivity contribution in [3.8, 4) is 0 Å². The molecule has 1 aromatic rings. The average Bonchev–Trinajstić information content (AvgIpc) is 2.35. The molecular weight excluding hydrogens is 242 g/mol. The Hall–Kier alpha value is -1.88. The Morgan fingerprint density at radius 1 is 1.26 bits per heavy atom. The van der Waals surface area contributed by atoms with E-state index >= 15 is 0 Å². The van der Waals surface area contributed by atoms with Gasteiger partial charge in [-0.1, -0.05) is 12.1 Å². The summed E-state index contributed by atoms with van der Waals surface area (Å²) in [5, 5.41) is 5.47. The van der Waals surface area contributed by atoms with Crippen LogP contribution in [0.4, 0.5) is 0 Å². The summed E-state index contributed by atoms with van der Waals surface area (Å²) in [6.45, 7) is 6.10. The number of hydrogen-bond acceptors (Lipinski definition) is 3. The first-order valence-electron chi connectivity index (χ1n) is 6.29. The second-order valence-electron chi connectivity index (χ2n) is 4.96. The van der Waals surface area contributed by atoms with E-state index in [9.17, 15) is 9.59 Å². The summed E-state index contributed by atoms with van der Waals surface area (Å²) in [7, 11) is 0. The first kappa shape index (κ1) is 15.2. The maximum Gasteiger partial charge on any atom is 0.251 e. The number of benzene rings is 1. The highest BCUT2D eigenvalue weighted by Crippen LogP contribution is 2.06. The lowest BCUT2D eigenvalue weighted by Gasteiger charge is -2.17. The van der Waals surface area contributed by atoms with Crippen LogP contribution in [0.15, 0.2) is 24.3 Å². The van der Waals surface area contributed by atoms with Crippen molar-refractivity contribution < 1.29 is 9.59 Å². The van der Waals surface area contributed by atoms with Gasteiger partial charge in [0, 0.05) is 18.7 Å². The summed E-state index contributed by atoms with van der Waals surface area (Å²) in [5.74, 6) is -0.342. The fourth-order valence-electron chi connectivity index (χ4n) is 1.50. The van der Waals surface area contributed by atoms with Crippen molar-refractivity contribution >= 4 is 11.8 Å². The van der Waals surface area contributed by atoms with E-state index in [1.165, 1.54) is 0 Å². The van der Waals surface area contributed by atoms with Crippen molar-refractivity contribution in [2.75, 3.05) is 6.54 Å². The summed E-state index contributed by atoms with van der Waals surface area (Å²) in [4.78, 5) is 23.3. The average molecular weight is 263 g/mol. The molecule has 0 aliphatic heterocycles. The van der Waals surface area contributed by atoms with Gasteiger partial charge in [0.1, 0.15) is 0 Å². The van der Waals surface area contributed by atoms with Gasteiger partial charge in [-0.25, -0.2) is 0 Å². The maximum atomic E-state index is 11.7. The molecular formula is C14H21N3O2. The number of carbonyl (C=O) groups is 2. The van der Waals surface area contributed by atoms with Crippen molar-refractivity contribution in [2.45, 2.75) is 32.9 Å². The van der Waals surface area contributed by atoms with Gasteiger partial charge in [-0.3, -0.25) is 9.59 Å². The Morgan fingerprint density at radius 2 is 1.95 bits per heavy atom. The Kier molecular flexibility index (Phi) is 5.06. The van der Waals surface area contributed by atoms with Crippen LogP contribution in [0, 0.1) is 0 Å². The second-order valence-corrected chi connectivity index (χ2v) is 4.96. The van der Waals surface area contributed by atoms with E-state index in [2.05, 4.69) is 10.6 Å². The van der Waals surface area contributed by atoms with Crippen LogP contribution in [0.5, 0.6) is 0 Å². The molecule has 0 atom stereocenters. The third-order valence-electron chi connectivity index (χ3n) is 2.56. The molecule has 0 saturated carbocycles. The predicted octanol–water partition coefficient (Wildman–Crippen LogP) is 0.790. The lowest BCUT2D eigenvalue weighted by Crippen LogP contribution is -2.48. The van der Waals surface area contributed by atoms with Gasteiger partial charge in [0.2, 0.25) is 5.91 Å². The summed E-state index contributed by atoms with van der Waals surface area (Å²) in [5.41, 5.74) is 6.23. The molecule has 0 unspecified atom stereocenters. The van der Waals surface area contributed by atoms with E-state index in [-0.39, 0.29) is 11.8 Å². The molecule has 2 amide bonds. The van der Waals surface area contributed by atoms with Gasteiger partial charge in [-0.15, -0.1) is 0 Å². The number of hydrogen-bond donors (Lipinski definition) is 3. The Bertz CT molecular complexity index is 464. The van der Waals surface area contributed by atoms with Crippen LogP contribution < -0.4 is 16.4 Å². The molecule has 5 heteroatoms. The summed E-state index contributed by atoms with van der Waals surface area (Å²) in [6, 6.07) is 7.14. The summed E-state index contributed by atoms with van der Waals surface area (Å²) >= 11 is 0. The molecule has 5 nitrogen and oxygen atoms in total. The van der Waals surface area contributed by atoms with Gasteiger partial charge in [-0.05, 0) is 38.5 Å². The van der Waals surface area contributed by atoms with Crippen molar-refractivity contribution in [3.63, 3.8) is 0 Å². The highest BCUT2D eigenvalue weighted by atomic mass is 16.2. The fourth-order valence-corrected chi connectivity index (χ4v) is 1.50. The van der Waals surface area contributed by atoms with E-state index in [4.69, 9.17) is 5.73 Å². The van der Waals surface area contributed by atoms with Gasteiger partial charge in [0.15, 0.2) is 0 Å². The molecule has 4 N–H and O–H groups in total. The van der Waals surface area contributed by atoms with E-state index in [1.54, 1.807) is 32.0 Å². The quantitative estimate of drug-likeness (QED) is 0.734. The van der Waals surface area contributed by atoms with Gasteiger partial charge in [-0.2, -0.15) is 0 Å². The monoisotopic (exact) mass is 263 g/mol. The van der Waals surface area contributed by atoms with Crippen LogP contribution in [0.1, 0.15) is 36.7 Å². The largest absolute Gasteiger partial charge is 0.352 e. The number of carbonyl (C=O) groups excluding carboxylic acids is 2. The Morgan fingerprint density at radius 3 is 2.53 bits per heavy atom. The standard InChI is InChI=1S/C14H21N3O2/c1-4-16-12(18)11-7-5-6-10(8-11)9-17-13(19)14(2,3)15/h5-8H,4,9,15H2,1-3H3,(H,16,18)(H,17,19). The molecule has 0 radical (unpaired) electrons. The molecule has 0 aliphatic carbocycles. The van der Waals surface area contributed by atoms with Crippen LogP contribution in [0.2, 0.25) is 0 Å². The second kappa shape index (κ2) is 6.33. The molecule has 0 spiro atoms. The van der Waals surface area contributed by atoms with Crippen LogP contribution in [0.3, 0.4) is 0 Å². The molecule has 104 valence electrons. The van der Waals surface area contributed by atoms with Crippen molar-refractivity contribution in [1.29, 1.82) is 0 Å². The number of nitrogens with two attached hydrogens (primary N) is 1. The highest BCUT2D eigenvalue weighted by Gasteiger charge is 2.21. The van der Waals surface area contributed by atoms with Gasteiger partial charge in [0.05, 0.1) is 5.54 Å². The minimum absolute atomic E-state index is 0.116. The molecule has 0 aliphatic rings. The normalized spacial score (nSPS) is 10.9. The molecule has 0 fully saturated rings. The molecule has 0 saturated heterocycles. The van der Waals surface area contributed by atoms with E-state index in [0.717, 1.165) is 5.56 Å². The summed E-state index contributed by atoms with van der Waals surface area (Å²) in [6.07, 6.45) is 0. The molecule has 0 aromatic heterocycles. The molecule has 0 bridgehead atoms. The molecule has 0 heterocycles. The van der Waals surface area contributed by atoms with Crippen LogP contribution in [-0.4, -0.2) is 23.9 Å². The zero-order chi connectivity index (χ0) is 14.5. The lowest BCUT2D eigenvalue weighted by atomic mass is 10.1. The van der Waals surface area contributed by atoms with E-state index < -0.39 is 5.54 Å². The van der Waals surface area contributed by atoms with Crippen LogP contribution in [0.25, 0.3) is 0 Å². The minimum atomic E-state index is -0.906. The van der Waals surface area contributed by atoms with Crippen molar-refractivity contribution in [2.24, 2.45) is 5.73 Å². The highest BCUT2D eigenvalue weighted by molar-refractivity contribution is 5.94. The topological polar surface area (TPSA) is 84.2 Å². The van der Waals surface area contributed by atoms with Crippen molar-refractivity contribution in [1.82, 2.24) is 10.6 Å². The van der Waals surface area contributed by atoms with E-state index in [0.29, 0.717) is 18.7 Å². The third-order valence-corrected chi connectivity index (χ3v) is 2.56. The maximum absolute atomic E-state index is 11.7. The fraction of sp³-hybridized carbons (Fsp3) is 0.429.